The Balaban J connectivity index is 1.73. The standard InChI is InChI=1S/C20H16ClF2NO2/c1-26-18-10-7-13(21)11-16(18)12-5-8-14(9-6-12)24-20(25)15-3-2-4-17(22)19(15)23/h2-5,7-12H,6H2,1H3,(H,24,25). The molecular formula is C20H16ClF2NO2. The van der Waals surface area contributed by atoms with Gasteiger partial charge in [-0.1, -0.05) is 29.8 Å². The molecule has 3 nitrogen and oxygen atoms in total. The molecule has 0 aliphatic heterocycles. The third-order valence-corrected chi connectivity index (χ3v) is 4.38. The van der Waals surface area contributed by atoms with E-state index < -0.39 is 17.5 Å². The van der Waals surface area contributed by atoms with E-state index in [1.807, 2.05) is 18.2 Å². The van der Waals surface area contributed by atoms with Gasteiger partial charge in [0.25, 0.3) is 5.91 Å². The van der Waals surface area contributed by atoms with E-state index in [1.165, 1.54) is 12.1 Å². The average Bonchev–Trinajstić information content (AvgIpc) is 2.64. The van der Waals surface area contributed by atoms with Crippen molar-refractivity contribution < 1.29 is 18.3 Å². The van der Waals surface area contributed by atoms with Crippen LogP contribution in [-0.4, -0.2) is 13.0 Å². The van der Waals surface area contributed by atoms with Crippen molar-refractivity contribution in [1.82, 2.24) is 5.32 Å². The lowest BCUT2D eigenvalue weighted by molar-refractivity contribution is 0.0962. The van der Waals surface area contributed by atoms with Crippen LogP contribution in [0.2, 0.25) is 5.02 Å². The Labute approximate surface area is 154 Å². The molecule has 134 valence electrons. The number of halogens is 3. The Morgan fingerprint density at radius 1 is 1.27 bits per heavy atom. The lowest BCUT2D eigenvalue weighted by atomic mass is 9.91. The summed E-state index contributed by atoms with van der Waals surface area (Å²) in [5.41, 5.74) is 1.13. The van der Waals surface area contributed by atoms with E-state index in [9.17, 15) is 13.6 Å². The number of nitrogens with one attached hydrogen (secondary N) is 1. The molecule has 1 aliphatic rings. The van der Waals surface area contributed by atoms with E-state index in [1.54, 1.807) is 25.3 Å². The molecule has 3 rings (SSSR count). The summed E-state index contributed by atoms with van der Waals surface area (Å²) in [7, 11) is 1.59. The number of allylic oxidation sites excluding steroid dienone is 3. The molecule has 6 heteroatoms. The van der Waals surface area contributed by atoms with Gasteiger partial charge in [-0.15, -0.1) is 0 Å². The molecule has 0 bridgehead atoms. The van der Waals surface area contributed by atoms with E-state index in [4.69, 9.17) is 16.3 Å². The van der Waals surface area contributed by atoms with Crippen molar-refractivity contribution in [3.05, 3.63) is 88.1 Å². The van der Waals surface area contributed by atoms with Gasteiger partial charge in [0.2, 0.25) is 0 Å². The van der Waals surface area contributed by atoms with Gasteiger partial charge in [-0.2, -0.15) is 0 Å². The van der Waals surface area contributed by atoms with Crippen molar-refractivity contribution in [3.63, 3.8) is 0 Å². The minimum absolute atomic E-state index is 0.0372. The van der Waals surface area contributed by atoms with Gasteiger partial charge in [-0.25, -0.2) is 8.78 Å². The predicted molar refractivity (Wildman–Crippen MR) is 96.4 cm³/mol. The fourth-order valence-corrected chi connectivity index (χ4v) is 3.00. The summed E-state index contributed by atoms with van der Waals surface area (Å²) in [5, 5.41) is 3.20. The van der Waals surface area contributed by atoms with Crippen LogP contribution in [-0.2, 0) is 0 Å². The maximum Gasteiger partial charge on any atom is 0.258 e. The molecule has 26 heavy (non-hydrogen) atoms. The highest BCUT2D eigenvalue weighted by Crippen LogP contribution is 2.34. The Hall–Kier alpha value is -2.66. The molecule has 0 fully saturated rings. The third-order valence-electron chi connectivity index (χ3n) is 4.15. The molecular weight excluding hydrogens is 360 g/mol. The molecule has 1 unspecified atom stereocenters. The smallest absolute Gasteiger partial charge is 0.258 e. The maximum absolute atomic E-state index is 13.7. The maximum atomic E-state index is 13.7. The summed E-state index contributed by atoms with van der Waals surface area (Å²) in [6, 6.07) is 8.90. The number of hydrogen-bond acceptors (Lipinski definition) is 2. The number of methoxy groups -OCH3 is 1. The predicted octanol–water partition coefficient (Wildman–Crippen LogP) is 4.98. The molecule has 0 heterocycles. The number of carbonyl (C=O) groups is 1. The summed E-state index contributed by atoms with van der Waals surface area (Å²) in [4.78, 5) is 12.2. The average molecular weight is 376 g/mol. The molecule has 2 aromatic rings. The van der Waals surface area contributed by atoms with Gasteiger partial charge in [-0.3, -0.25) is 4.79 Å². The number of ether oxygens (including phenoxy) is 1. The molecule has 2 aromatic carbocycles. The highest BCUT2D eigenvalue weighted by molar-refractivity contribution is 6.30. The van der Waals surface area contributed by atoms with Gasteiger partial charge in [-0.05, 0) is 42.8 Å². The summed E-state index contributed by atoms with van der Waals surface area (Å²) >= 11 is 6.07. The van der Waals surface area contributed by atoms with E-state index in [0.29, 0.717) is 17.1 Å². The van der Waals surface area contributed by atoms with Crippen molar-refractivity contribution in [3.8, 4) is 5.75 Å². The fourth-order valence-electron chi connectivity index (χ4n) is 2.82. The Bertz CT molecular complexity index is 909. The quantitative estimate of drug-likeness (QED) is 0.818. The third kappa shape index (κ3) is 3.78. The second-order valence-corrected chi connectivity index (χ2v) is 6.24. The Kier molecular flexibility index (Phi) is 5.38. The van der Waals surface area contributed by atoms with Crippen LogP contribution in [0.4, 0.5) is 8.78 Å². The number of benzene rings is 2. The first kappa shape index (κ1) is 18.1. The summed E-state index contributed by atoms with van der Waals surface area (Å²) in [5.74, 6) is -2.15. The monoisotopic (exact) mass is 375 g/mol. The summed E-state index contributed by atoms with van der Waals surface area (Å²) < 4.78 is 32.3. The zero-order chi connectivity index (χ0) is 18.7. The zero-order valence-corrected chi connectivity index (χ0v) is 14.7. The number of rotatable bonds is 4. The molecule has 1 amide bonds. The van der Waals surface area contributed by atoms with E-state index in [2.05, 4.69) is 5.32 Å². The first-order chi connectivity index (χ1) is 12.5. The van der Waals surface area contributed by atoms with Gasteiger partial charge < -0.3 is 10.1 Å². The normalized spacial score (nSPS) is 16.2. The van der Waals surface area contributed by atoms with Gasteiger partial charge in [0.15, 0.2) is 11.6 Å². The molecule has 0 radical (unpaired) electrons. The SMILES string of the molecule is COc1ccc(Cl)cc1C1C=CC(NC(=O)c2cccc(F)c2F)=CC1. The number of carbonyl (C=O) groups excluding carboxylic acids is 1. The van der Waals surface area contributed by atoms with Crippen LogP contribution in [0.15, 0.2) is 60.3 Å². The van der Waals surface area contributed by atoms with Crippen LogP contribution in [0.1, 0.15) is 28.3 Å². The van der Waals surface area contributed by atoms with Crippen molar-refractivity contribution in [1.29, 1.82) is 0 Å². The first-order valence-corrected chi connectivity index (χ1v) is 8.34. The van der Waals surface area contributed by atoms with Crippen LogP contribution in [0.3, 0.4) is 0 Å². The minimum atomic E-state index is -1.16. The van der Waals surface area contributed by atoms with Crippen LogP contribution < -0.4 is 10.1 Å². The minimum Gasteiger partial charge on any atom is -0.496 e. The van der Waals surface area contributed by atoms with Crippen molar-refractivity contribution >= 4 is 17.5 Å². The highest BCUT2D eigenvalue weighted by atomic mass is 35.5. The summed E-state index contributed by atoms with van der Waals surface area (Å²) in [6.07, 6.45) is 6.06. The number of hydrogen-bond donors (Lipinski definition) is 1. The molecule has 1 aliphatic carbocycles. The van der Waals surface area contributed by atoms with Crippen molar-refractivity contribution in [2.24, 2.45) is 0 Å². The van der Waals surface area contributed by atoms with Crippen LogP contribution in [0.5, 0.6) is 5.75 Å². The van der Waals surface area contributed by atoms with E-state index in [-0.39, 0.29) is 11.5 Å². The first-order valence-electron chi connectivity index (χ1n) is 7.96. The Morgan fingerprint density at radius 3 is 2.77 bits per heavy atom. The lowest BCUT2D eigenvalue weighted by Crippen LogP contribution is -2.24. The van der Waals surface area contributed by atoms with E-state index in [0.717, 1.165) is 17.4 Å². The Morgan fingerprint density at radius 2 is 2.08 bits per heavy atom. The molecule has 0 aromatic heterocycles. The van der Waals surface area contributed by atoms with Gasteiger partial charge in [0.05, 0.1) is 12.7 Å². The molecule has 0 spiro atoms. The van der Waals surface area contributed by atoms with Gasteiger partial charge in [0, 0.05) is 22.2 Å². The topological polar surface area (TPSA) is 38.3 Å². The van der Waals surface area contributed by atoms with Crippen LogP contribution >= 0.6 is 11.6 Å². The second kappa shape index (κ2) is 7.70. The van der Waals surface area contributed by atoms with Gasteiger partial charge in [0.1, 0.15) is 5.75 Å². The fraction of sp³-hybridized carbons (Fsp3) is 0.150. The van der Waals surface area contributed by atoms with Crippen molar-refractivity contribution in [2.45, 2.75) is 12.3 Å². The largest absolute Gasteiger partial charge is 0.496 e. The second-order valence-electron chi connectivity index (χ2n) is 5.80. The molecule has 1 atom stereocenters. The van der Waals surface area contributed by atoms with Crippen LogP contribution in [0.25, 0.3) is 0 Å². The molecule has 1 N–H and O–H groups in total. The van der Waals surface area contributed by atoms with Crippen LogP contribution in [0, 0.1) is 11.6 Å². The molecule has 0 saturated carbocycles. The van der Waals surface area contributed by atoms with Crippen molar-refractivity contribution in [2.75, 3.05) is 7.11 Å². The summed E-state index contributed by atoms with van der Waals surface area (Å²) in [6.45, 7) is 0. The number of amides is 1. The molecule has 0 saturated heterocycles. The van der Waals surface area contributed by atoms with E-state index >= 15 is 0 Å². The zero-order valence-electron chi connectivity index (χ0n) is 13.9. The lowest BCUT2D eigenvalue weighted by Gasteiger charge is -2.19. The highest BCUT2D eigenvalue weighted by Gasteiger charge is 2.19. The van der Waals surface area contributed by atoms with Gasteiger partial charge >= 0.3 is 0 Å².